The van der Waals surface area contributed by atoms with Crippen LogP contribution in [0, 0.1) is 17.8 Å². The zero-order valence-electron chi connectivity index (χ0n) is 20.9. The van der Waals surface area contributed by atoms with E-state index in [1.54, 1.807) is 26.8 Å². The van der Waals surface area contributed by atoms with Crippen LogP contribution in [-0.4, -0.2) is 35.3 Å². The minimum atomic E-state index is -1.06. The van der Waals surface area contributed by atoms with Crippen molar-refractivity contribution in [2.24, 2.45) is 22.7 Å². The van der Waals surface area contributed by atoms with Crippen LogP contribution in [0.2, 0.25) is 0 Å². The monoisotopic (exact) mass is 467 g/mol. The van der Waals surface area contributed by atoms with E-state index in [1.807, 2.05) is 26.0 Å². The molecule has 0 bridgehead atoms. The Bertz CT molecular complexity index is 990. The Labute approximate surface area is 202 Å². The number of anilines is 1. The van der Waals surface area contributed by atoms with Gasteiger partial charge in [0.1, 0.15) is 5.60 Å². The van der Waals surface area contributed by atoms with Gasteiger partial charge in [-0.2, -0.15) is 0 Å². The van der Waals surface area contributed by atoms with Crippen molar-refractivity contribution >= 4 is 29.2 Å². The van der Waals surface area contributed by atoms with E-state index in [4.69, 9.17) is 4.74 Å². The Morgan fingerprint density at radius 1 is 1.26 bits per heavy atom. The number of hydrogen-bond acceptors (Lipinski definition) is 5. The van der Waals surface area contributed by atoms with E-state index in [0.29, 0.717) is 12.8 Å². The van der Waals surface area contributed by atoms with Crippen LogP contribution in [0.1, 0.15) is 71.4 Å². The van der Waals surface area contributed by atoms with Gasteiger partial charge in [0.15, 0.2) is 0 Å². The van der Waals surface area contributed by atoms with E-state index in [0.717, 1.165) is 41.8 Å². The summed E-state index contributed by atoms with van der Waals surface area (Å²) < 4.78 is 5.62. The highest BCUT2D eigenvalue weighted by atomic mass is 16.6. The summed E-state index contributed by atoms with van der Waals surface area (Å²) in [7, 11) is 0. The zero-order chi connectivity index (χ0) is 25.0. The average molecular weight is 468 g/mol. The molecule has 2 N–H and O–H groups in total. The van der Waals surface area contributed by atoms with Crippen molar-refractivity contribution in [3.8, 4) is 0 Å². The molecule has 3 atom stereocenters. The first kappa shape index (κ1) is 25.7. The molecule has 1 unspecified atom stereocenters. The molecule has 7 heteroatoms. The van der Waals surface area contributed by atoms with Gasteiger partial charge in [-0.25, -0.2) is 0 Å². The normalized spacial score (nSPS) is 19.2. The van der Waals surface area contributed by atoms with E-state index in [9.17, 15) is 14.4 Å². The Morgan fingerprint density at radius 3 is 2.65 bits per heavy atom. The lowest BCUT2D eigenvalue weighted by atomic mass is 9.82. The number of hydrogen-bond donors (Lipinski definition) is 2. The van der Waals surface area contributed by atoms with Crippen LogP contribution in [0.4, 0.5) is 5.69 Å². The third kappa shape index (κ3) is 6.13. The van der Waals surface area contributed by atoms with Gasteiger partial charge in [0, 0.05) is 11.3 Å². The van der Waals surface area contributed by atoms with Gasteiger partial charge in [-0.1, -0.05) is 32.1 Å². The Hall–Kier alpha value is -2.96. The summed E-state index contributed by atoms with van der Waals surface area (Å²) in [6.07, 6.45) is 3.98. The highest BCUT2D eigenvalue weighted by Crippen LogP contribution is 2.31. The van der Waals surface area contributed by atoms with Gasteiger partial charge in [0.2, 0.25) is 12.1 Å². The third-order valence-corrected chi connectivity index (χ3v) is 6.05. The number of allylic oxidation sites excluding steroid dienone is 1. The number of carbonyl (C=O) groups is 3. The van der Waals surface area contributed by atoms with Gasteiger partial charge >= 0.3 is 5.97 Å². The van der Waals surface area contributed by atoms with E-state index >= 15 is 0 Å². The Kier molecular flexibility index (Phi) is 7.95. The number of amides is 2. The maximum atomic E-state index is 13.5. The summed E-state index contributed by atoms with van der Waals surface area (Å²) in [6.45, 7) is 13.2. The van der Waals surface area contributed by atoms with Gasteiger partial charge in [0.05, 0.1) is 17.5 Å². The number of aliphatic imine (C=N–C) groups is 1. The predicted molar refractivity (Wildman–Crippen MR) is 134 cm³/mol. The number of aryl methyl sites for hydroxylation is 1. The van der Waals surface area contributed by atoms with Gasteiger partial charge < -0.3 is 15.4 Å². The molecule has 3 rings (SSSR count). The van der Waals surface area contributed by atoms with Crippen LogP contribution in [0.25, 0.3) is 0 Å². The molecule has 0 fully saturated rings. The van der Waals surface area contributed by atoms with Gasteiger partial charge in [-0.05, 0) is 70.4 Å². The lowest BCUT2D eigenvalue weighted by Crippen LogP contribution is -2.48. The average Bonchev–Trinajstić information content (AvgIpc) is 2.87. The summed E-state index contributed by atoms with van der Waals surface area (Å²) >= 11 is 0. The summed E-state index contributed by atoms with van der Waals surface area (Å²) in [6, 6.07) is 5.85. The van der Waals surface area contributed by atoms with E-state index in [1.165, 1.54) is 0 Å². The summed E-state index contributed by atoms with van der Waals surface area (Å²) in [4.78, 5) is 44.3. The lowest BCUT2D eigenvalue weighted by Gasteiger charge is -2.29. The van der Waals surface area contributed by atoms with Crippen molar-refractivity contribution in [2.75, 3.05) is 5.32 Å². The topological polar surface area (TPSA) is 96.9 Å². The number of ether oxygens (including phenoxy) is 1. The van der Waals surface area contributed by atoms with Gasteiger partial charge in [0.25, 0.3) is 5.91 Å². The first-order chi connectivity index (χ1) is 16.0. The molecule has 0 aromatic heterocycles. The molecule has 0 radical (unpaired) electrons. The van der Waals surface area contributed by atoms with Crippen molar-refractivity contribution in [1.29, 1.82) is 0 Å². The molecule has 1 aliphatic heterocycles. The summed E-state index contributed by atoms with van der Waals surface area (Å²) in [5.41, 5.74) is 3.01. The molecule has 0 spiro atoms. The van der Waals surface area contributed by atoms with E-state index in [-0.39, 0.29) is 17.7 Å². The molecule has 2 amide bonds. The SMILES string of the molecule is C=CC[C@H](C(=O)OC(C)(C)C)[C@@H](CC(C)C)C(=O)NC1N=C2CCCc3cccc(c32)NC1=O. The minimum Gasteiger partial charge on any atom is -0.460 e. The van der Waals surface area contributed by atoms with Crippen LogP contribution in [0.5, 0.6) is 0 Å². The molecule has 184 valence electrons. The molecule has 7 nitrogen and oxygen atoms in total. The zero-order valence-corrected chi connectivity index (χ0v) is 20.9. The maximum Gasteiger partial charge on any atom is 0.310 e. The Morgan fingerprint density at radius 2 is 2.00 bits per heavy atom. The predicted octanol–water partition coefficient (Wildman–Crippen LogP) is 4.40. The third-order valence-electron chi connectivity index (χ3n) is 6.05. The highest BCUT2D eigenvalue weighted by Gasteiger charge is 2.38. The molecule has 0 saturated carbocycles. The van der Waals surface area contributed by atoms with Crippen LogP contribution in [0.15, 0.2) is 35.8 Å². The number of rotatable bonds is 8. The molecule has 1 heterocycles. The number of nitrogens with one attached hydrogen (secondary N) is 2. The second-order valence-electron chi connectivity index (χ2n) is 10.6. The van der Waals surface area contributed by atoms with E-state index in [2.05, 4.69) is 28.3 Å². The fourth-order valence-corrected chi connectivity index (χ4v) is 4.65. The number of esters is 1. The molecular weight excluding hydrogens is 430 g/mol. The first-order valence-electron chi connectivity index (χ1n) is 12.1. The van der Waals surface area contributed by atoms with Crippen molar-refractivity contribution in [2.45, 2.75) is 78.5 Å². The molecule has 1 aliphatic carbocycles. The molecule has 2 aliphatic rings. The standard InChI is InChI=1S/C27H37N3O4/c1-7-10-18(26(33)34-27(4,5)6)19(15-16(2)3)24(31)30-23-25(32)29-21-14-9-12-17-11-8-13-20(28-23)22(17)21/h7,9,12,14,16,18-19,23H,1,8,10-11,13,15H2,2-6H3,(H,29,32)(H,30,31)/t18-,19+,23?/m0/s1. The van der Waals surface area contributed by atoms with Crippen molar-refractivity contribution < 1.29 is 19.1 Å². The number of nitrogens with zero attached hydrogens (tertiary/aromatic N) is 1. The minimum absolute atomic E-state index is 0.157. The quantitative estimate of drug-likeness (QED) is 0.437. The molecule has 1 aromatic carbocycles. The largest absolute Gasteiger partial charge is 0.460 e. The number of benzene rings is 1. The number of carbonyl (C=O) groups excluding carboxylic acids is 3. The molecular formula is C27H37N3O4. The first-order valence-corrected chi connectivity index (χ1v) is 12.1. The van der Waals surface area contributed by atoms with Crippen LogP contribution < -0.4 is 10.6 Å². The fraction of sp³-hybridized carbons (Fsp3) is 0.556. The second-order valence-corrected chi connectivity index (χ2v) is 10.6. The molecule has 1 aromatic rings. The molecule has 34 heavy (non-hydrogen) atoms. The highest BCUT2D eigenvalue weighted by molar-refractivity contribution is 6.13. The van der Waals surface area contributed by atoms with Gasteiger partial charge in [-0.3, -0.25) is 19.4 Å². The van der Waals surface area contributed by atoms with Crippen LogP contribution >= 0.6 is 0 Å². The van der Waals surface area contributed by atoms with Crippen molar-refractivity contribution in [1.82, 2.24) is 5.32 Å². The fourth-order valence-electron chi connectivity index (χ4n) is 4.65. The summed E-state index contributed by atoms with van der Waals surface area (Å²) in [5.74, 6) is -2.41. The van der Waals surface area contributed by atoms with Crippen LogP contribution in [-0.2, 0) is 25.5 Å². The smallest absolute Gasteiger partial charge is 0.310 e. The van der Waals surface area contributed by atoms with E-state index < -0.39 is 29.6 Å². The maximum absolute atomic E-state index is 13.5. The Balaban J connectivity index is 1.88. The summed E-state index contributed by atoms with van der Waals surface area (Å²) in [5, 5.41) is 5.76. The van der Waals surface area contributed by atoms with Gasteiger partial charge in [-0.15, -0.1) is 6.58 Å². The lowest BCUT2D eigenvalue weighted by molar-refractivity contribution is -0.164. The van der Waals surface area contributed by atoms with Crippen molar-refractivity contribution in [3.63, 3.8) is 0 Å². The van der Waals surface area contributed by atoms with Crippen molar-refractivity contribution in [3.05, 3.63) is 42.0 Å². The second kappa shape index (κ2) is 10.5. The van der Waals surface area contributed by atoms with Crippen LogP contribution in [0.3, 0.4) is 0 Å². The molecule has 0 saturated heterocycles.